The van der Waals surface area contributed by atoms with Crippen LogP contribution in [0.5, 0.6) is 0 Å². The lowest BCUT2D eigenvalue weighted by atomic mass is 9.50. The maximum atomic E-state index is 14.7. The number of carbonyl (C=O) groups is 2. The van der Waals surface area contributed by atoms with Gasteiger partial charge in [0.25, 0.3) is 5.91 Å². The summed E-state index contributed by atoms with van der Waals surface area (Å²) < 4.78 is 16.6. The van der Waals surface area contributed by atoms with E-state index in [4.69, 9.17) is 5.11 Å². The summed E-state index contributed by atoms with van der Waals surface area (Å²) >= 11 is 0. The summed E-state index contributed by atoms with van der Waals surface area (Å²) in [4.78, 5) is 30.8. The normalized spacial score (nSPS) is 21.8. The van der Waals surface area contributed by atoms with Crippen molar-refractivity contribution in [2.45, 2.75) is 38.3 Å². The zero-order valence-corrected chi connectivity index (χ0v) is 22.0. The van der Waals surface area contributed by atoms with Crippen molar-refractivity contribution in [3.05, 3.63) is 83.9 Å². The lowest BCUT2D eigenvalue weighted by molar-refractivity contribution is -0.155. The molecule has 2 N–H and O–H groups in total. The van der Waals surface area contributed by atoms with Crippen LogP contribution in [0.15, 0.2) is 67.0 Å². The Kier molecular flexibility index (Phi) is 6.13. The minimum atomic E-state index is -0.729. The number of aliphatic carboxylic acids is 1. The SMILES string of the molecule is CN(C)c1cc(-c2ccc(Cn3ccc4c(F)ccc(C(=O)NC5CC6(C5)CC(C(=O)O)C6)c43)cc2)ccn1. The van der Waals surface area contributed by atoms with Crippen molar-refractivity contribution >= 4 is 28.6 Å². The summed E-state index contributed by atoms with van der Waals surface area (Å²) in [7, 11) is 3.92. The van der Waals surface area contributed by atoms with Gasteiger partial charge in [0.15, 0.2) is 0 Å². The number of fused-ring (bicyclic) bond motifs is 1. The Morgan fingerprint density at radius 2 is 1.79 bits per heavy atom. The van der Waals surface area contributed by atoms with Crippen LogP contribution >= 0.6 is 0 Å². The molecule has 8 heteroatoms. The quantitative estimate of drug-likeness (QED) is 0.340. The van der Waals surface area contributed by atoms with E-state index in [1.807, 2.05) is 54.0 Å². The van der Waals surface area contributed by atoms with Crippen LogP contribution in [0.1, 0.15) is 41.6 Å². The van der Waals surface area contributed by atoms with Crippen molar-refractivity contribution in [1.29, 1.82) is 0 Å². The summed E-state index contributed by atoms with van der Waals surface area (Å²) in [6, 6.07) is 16.9. The molecule has 2 aliphatic carbocycles. The molecule has 0 bridgehead atoms. The van der Waals surface area contributed by atoms with Gasteiger partial charge in [0.05, 0.1) is 17.0 Å². The van der Waals surface area contributed by atoms with E-state index in [0.717, 1.165) is 35.3 Å². The van der Waals surface area contributed by atoms with Crippen molar-refractivity contribution in [2.24, 2.45) is 11.3 Å². The van der Waals surface area contributed by atoms with Crippen molar-refractivity contribution in [3.8, 4) is 11.1 Å². The molecule has 2 heterocycles. The Morgan fingerprint density at radius 1 is 1.05 bits per heavy atom. The number of amides is 1. The van der Waals surface area contributed by atoms with Gasteiger partial charge >= 0.3 is 5.97 Å². The number of carbonyl (C=O) groups excluding carboxylic acids is 1. The zero-order valence-electron chi connectivity index (χ0n) is 22.0. The molecule has 6 rings (SSSR count). The Balaban J connectivity index is 1.19. The van der Waals surface area contributed by atoms with Gasteiger partial charge in [-0.15, -0.1) is 0 Å². The molecule has 0 unspecified atom stereocenters. The molecule has 2 aromatic heterocycles. The highest BCUT2D eigenvalue weighted by Gasteiger charge is 2.55. The fourth-order valence-electron chi connectivity index (χ4n) is 6.29. The number of carboxylic acids is 1. The number of aromatic nitrogens is 2. The molecule has 2 aromatic carbocycles. The van der Waals surface area contributed by atoms with Crippen LogP contribution in [-0.4, -0.2) is 46.7 Å². The third-order valence-corrected chi connectivity index (χ3v) is 8.36. The zero-order chi connectivity index (χ0) is 27.3. The topological polar surface area (TPSA) is 87.5 Å². The van der Waals surface area contributed by atoms with Crippen LogP contribution in [0.3, 0.4) is 0 Å². The molecule has 0 aliphatic heterocycles. The minimum absolute atomic E-state index is 0.0181. The highest BCUT2D eigenvalue weighted by molar-refractivity contribution is 6.06. The van der Waals surface area contributed by atoms with Gasteiger partial charge in [-0.3, -0.25) is 9.59 Å². The largest absolute Gasteiger partial charge is 0.481 e. The summed E-state index contributed by atoms with van der Waals surface area (Å²) in [5.41, 5.74) is 4.27. The molecule has 1 amide bonds. The molecule has 200 valence electrons. The molecule has 1 spiro atoms. The second-order valence-electron chi connectivity index (χ2n) is 11.3. The average Bonchev–Trinajstić information content (AvgIpc) is 3.29. The molecule has 0 saturated heterocycles. The Bertz CT molecular complexity index is 1560. The Labute approximate surface area is 226 Å². The van der Waals surface area contributed by atoms with Gasteiger partial charge in [0, 0.05) is 44.5 Å². The summed E-state index contributed by atoms with van der Waals surface area (Å²) in [5.74, 6) is -0.679. The van der Waals surface area contributed by atoms with Crippen LogP contribution in [0, 0.1) is 17.2 Å². The van der Waals surface area contributed by atoms with E-state index in [1.54, 1.807) is 18.3 Å². The number of hydrogen-bond acceptors (Lipinski definition) is 4. The Morgan fingerprint density at radius 3 is 2.49 bits per heavy atom. The van der Waals surface area contributed by atoms with Gasteiger partial charge in [-0.05, 0) is 78.1 Å². The second-order valence-corrected chi connectivity index (χ2v) is 11.3. The molecule has 2 aliphatic rings. The van der Waals surface area contributed by atoms with E-state index < -0.39 is 5.97 Å². The van der Waals surface area contributed by atoms with E-state index in [1.165, 1.54) is 6.07 Å². The second kappa shape index (κ2) is 9.52. The van der Waals surface area contributed by atoms with Crippen molar-refractivity contribution in [2.75, 3.05) is 19.0 Å². The van der Waals surface area contributed by atoms with Crippen LogP contribution in [-0.2, 0) is 11.3 Å². The molecular weight excluding hydrogens is 495 g/mol. The van der Waals surface area contributed by atoms with E-state index >= 15 is 0 Å². The molecule has 39 heavy (non-hydrogen) atoms. The third kappa shape index (κ3) is 4.64. The molecule has 2 fully saturated rings. The molecule has 7 nitrogen and oxygen atoms in total. The van der Waals surface area contributed by atoms with Gasteiger partial charge in [0.2, 0.25) is 0 Å². The number of benzene rings is 2. The van der Waals surface area contributed by atoms with Gasteiger partial charge in [-0.1, -0.05) is 24.3 Å². The summed E-state index contributed by atoms with van der Waals surface area (Å²) in [6.07, 6.45) is 6.60. The maximum Gasteiger partial charge on any atom is 0.306 e. The van der Waals surface area contributed by atoms with Gasteiger partial charge in [0.1, 0.15) is 11.6 Å². The fraction of sp³-hybridized carbons (Fsp3) is 0.323. The smallest absolute Gasteiger partial charge is 0.306 e. The van der Waals surface area contributed by atoms with Gasteiger partial charge in [-0.2, -0.15) is 0 Å². The highest BCUT2D eigenvalue weighted by atomic mass is 19.1. The molecule has 0 radical (unpaired) electrons. The summed E-state index contributed by atoms with van der Waals surface area (Å²) in [6.45, 7) is 0.496. The third-order valence-electron chi connectivity index (χ3n) is 8.36. The number of hydrogen-bond donors (Lipinski definition) is 2. The van der Waals surface area contributed by atoms with E-state index in [-0.39, 0.29) is 29.1 Å². The number of nitrogens with one attached hydrogen (secondary N) is 1. The Hall–Kier alpha value is -4.20. The average molecular weight is 527 g/mol. The van der Waals surface area contributed by atoms with E-state index in [0.29, 0.717) is 35.9 Å². The first kappa shape index (κ1) is 25.1. The predicted molar refractivity (Wildman–Crippen MR) is 148 cm³/mol. The standard InChI is InChI=1S/C31H31FN4O3/c1-35(2)27-13-21(9-11-33-27)20-5-3-19(4-6-20)18-36-12-10-24-26(32)8-7-25(28(24)36)29(37)34-23-16-31(17-23)14-22(15-31)30(38)39/h3-13,22-23H,14-18H2,1-2H3,(H,34,37)(H,38,39). The number of halogens is 1. The first-order valence-electron chi connectivity index (χ1n) is 13.3. The fourth-order valence-corrected chi connectivity index (χ4v) is 6.29. The molecule has 2 saturated carbocycles. The summed E-state index contributed by atoms with van der Waals surface area (Å²) in [5, 5.41) is 12.7. The predicted octanol–water partition coefficient (Wildman–Crippen LogP) is 5.33. The molecular formula is C31H31FN4O3. The van der Waals surface area contributed by atoms with Gasteiger partial charge in [-0.25, -0.2) is 9.37 Å². The lowest BCUT2D eigenvalue weighted by Gasteiger charge is -2.56. The van der Waals surface area contributed by atoms with Crippen LogP contribution in [0.2, 0.25) is 0 Å². The number of carboxylic acid groups (broad SMARTS) is 1. The monoisotopic (exact) mass is 526 g/mol. The highest BCUT2D eigenvalue weighted by Crippen LogP contribution is 2.58. The number of anilines is 1. The van der Waals surface area contributed by atoms with E-state index in [2.05, 4.69) is 22.4 Å². The molecule has 4 aromatic rings. The number of nitrogens with zero attached hydrogens (tertiary/aromatic N) is 3. The van der Waals surface area contributed by atoms with Gasteiger partial charge < -0.3 is 19.9 Å². The molecule has 0 atom stereocenters. The van der Waals surface area contributed by atoms with Crippen molar-refractivity contribution < 1.29 is 19.1 Å². The first-order chi connectivity index (χ1) is 18.7. The minimum Gasteiger partial charge on any atom is -0.481 e. The lowest BCUT2D eigenvalue weighted by Crippen LogP contribution is -2.57. The van der Waals surface area contributed by atoms with Crippen LogP contribution < -0.4 is 10.2 Å². The maximum absolute atomic E-state index is 14.7. The van der Waals surface area contributed by atoms with Crippen LogP contribution in [0.25, 0.3) is 22.0 Å². The van der Waals surface area contributed by atoms with Crippen LogP contribution in [0.4, 0.5) is 10.2 Å². The van der Waals surface area contributed by atoms with Crippen molar-refractivity contribution in [3.63, 3.8) is 0 Å². The van der Waals surface area contributed by atoms with Crippen molar-refractivity contribution in [1.82, 2.24) is 14.9 Å². The number of pyridine rings is 1. The first-order valence-corrected chi connectivity index (χ1v) is 13.3. The number of rotatable bonds is 7. The van der Waals surface area contributed by atoms with E-state index in [9.17, 15) is 14.0 Å².